The predicted octanol–water partition coefficient (Wildman–Crippen LogP) is 1.51. The molecule has 1 aliphatic rings. The average Bonchev–Trinajstić information content (AvgIpc) is 2.51. The van der Waals surface area contributed by atoms with E-state index in [1.807, 2.05) is 0 Å². The van der Waals surface area contributed by atoms with Crippen molar-refractivity contribution in [2.75, 3.05) is 12.4 Å². The second kappa shape index (κ2) is 3.52. The summed E-state index contributed by atoms with van der Waals surface area (Å²) in [6, 6.07) is 3.26. The second-order valence-corrected chi connectivity index (χ2v) is 6.39. The smallest absolute Gasteiger partial charge is 0.211 e. The number of hydrogen-bond acceptors (Lipinski definition) is 5. The maximum absolute atomic E-state index is 11.5. The number of hydrogen-bond donors (Lipinski definition) is 0. The molecule has 4 nitrogen and oxygen atoms in total. The van der Waals surface area contributed by atoms with Gasteiger partial charge in [-0.15, -0.1) is 11.3 Å². The molecule has 7 heteroatoms. The van der Waals surface area contributed by atoms with Crippen LogP contribution in [-0.2, 0) is 14.7 Å². The molecule has 1 aliphatic heterocycles. The van der Waals surface area contributed by atoms with Crippen molar-refractivity contribution in [1.29, 1.82) is 0 Å². The molecule has 76 valence electrons. The van der Waals surface area contributed by atoms with Gasteiger partial charge >= 0.3 is 0 Å². The molecule has 0 amide bonds. The number of thiophene rings is 1. The van der Waals surface area contributed by atoms with Gasteiger partial charge in [0.2, 0.25) is 14.9 Å². The predicted molar refractivity (Wildman–Crippen MR) is 55.6 cm³/mol. The first-order chi connectivity index (χ1) is 6.59. The number of rotatable bonds is 1. The van der Waals surface area contributed by atoms with E-state index in [0.29, 0.717) is 9.21 Å². The summed E-state index contributed by atoms with van der Waals surface area (Å²) in [6.45, 7) is 0.116. The first-order valence-electron chi connectivity index (χ1n) is 3.78. The van der Waals surface area contributed by atoms with Gasteiger partial charge in [-0.3, -0.25) is 0 Å². The van der Waals surface area contributed by atoms with E-state index in [1.165, 1.54) is 11.3 Å². The van der Waals surface area contributed by atoms with E-state index in [4.69, 9.17) is 16.4 Å². The zero-order valence-electron chi connectivity index (χ0n) is 6.94. The lowest BCUT2D eigenvalue weighted by molar-refractivity contribution is 0.158. The van der Waals surface area contributed by atoms with Crippen LogP contribution in [-0.4, -0.2) is 25.8 Å². The summed E-state index contributed by atoms with van der Waals surface area (Å²) >= 11 is 6.87. The topological polar surface area (TPSA) is 55.7 Å². The van der Waals surface area contributed by atoms with Gasteiger partial charge < -0.3 is 4.84 Å². The minimum atomic E-state index is -3.29. The lowest BCUT2D eigenvalue weighted by Gasteiger charge is -2.10. The molecule has 0 spiro atoms. The molecule has 0 saturated carbocycles. The van der Waals surface area contributed by atoms with Crippen LogP contribution in [0.1, 0.15) is 4.88 Å². The maximum atomic E-state index is 11.5. The Morgan fingerprint density at radius 2 is 2.29 bits per heavy atom. The summed E-state index contributed by atoms with van der Waals surface area (Å²) in [5, 5.41) is 3.53. The highest BCUT2D eigenvalue weighted by molar-refractivity contribution is 8.07. The van der Waals surface area contributed by atoms with Crippen LogP contribution in [0.25, 0.3) is 0 Å². The Hall–Kier alpha value is -0.590. The van der Waals surface area contributed by atoms with E-state index in [1.54, 1.807) is 12.1 Å². The van der Waals surface area contributed by atoms with Crippen molar-refractivity contribution in [2.45, 2.75) is 0 Å². The van der Waals surface area contributed by atoms with Gasteiger partial charge in [0.1, 0.15) is 6.61 Å². The van der Waals surface area contributed by atoms with Crippen LogP contribution < -0.4 is 0 Å². The van der Waals surface area contributed by atoms with Crippen LogP contribution >= 0.6 is 22.9 Å². The molecule has 0 radical (unpaired) electrons. The molecule has 0 saturated heterocycles. The fourth-order valence-corrected chi connectivity index (χ4v) is 3.49. The van der Waals surface area contributed by atoms with Crippen LogP contribution in [0.4, 0.5) is 0 Å². The van der Waals surface area contributed by atoms with Gasteiger partial charge in [-0.2, -0.15) is 0 Å². The molecule has 0 fully saturated rings. The Labute approximate surface area is 90.1 Å². The van der Waals surface area contributed by atoms with Crippen LogP contribution in [0.2, 0.25) is 4.34 Å². The summed E-state index contributed by atoms with van der Waals surface area (Å²) < 4.78 is 23.6. The standard InChI is InChI=1S/C7H6ClNO3S2/c8-6-2-1-5(13-6)7-9-12-3-4-14(7,10)11/h1-2H,3-4H2. The Kier molecular flexibility index (Phi) is 2.50. The Morgan fingerprint density at radius 1 is 1.50 bits per heavy atom. The largest absolute Gasteiger partial charge is 0.394 e. The molecular weight excluding hydrogens is 246 g/mol. The number of halogens is 1. The zero-order valence-corrected chi connectivity index (χ0v) is 9.32. The normalized spacial score (nSPS) is 19.9. The molecule has 2 rings (SSSR count). The molecule has 14 heavy (non-hydrogen) atoms. The summed E-state index contributed by atoms with van der Waals surface area (Å²) in [4.78, 5) is 5.28. The van der Waals surface area contributed by atoms with Gasteiger partial charge in [-0.25, -0.2) is 8.42 Å². The van der Waals surface area contributed by atoms with Gasteiger partial charge in [0, 0.05) is 0 Å². The lowest BCUT2D eigenvalue weighted by Crippen LogP contribution is -2.25. The molecule has 0 aromatic carbocycles. The van der Waals surface area contributed by atoms with E-state index >= 15 is 0 Å². The van der Waals surface area contributed by atoms with Gasteiger partial charge in [0.15, 0.2) is 0 Å². The summed E-state index contributed by atoms with van der Waals surface area (Å²) in [5.74, 6) is -0.0264. The molecule has 0 unspecified atom stereocenters. The highest BCUT2D eigenvalue weighted by Crippen LogP contribution is 2.25. The number of oxime groups is 1. The van der Waals surface area contributed by atoms with Crippen LogP contribution in [0.5, 0.6) is 0 Å². The van der Waals surface area contributed by atoms with Crippen LogP contribution in [0, 0.1) is 0 Å². The summed E-state index contributed by atoms with van der Waals surface area (Å²) in [6.07, 6.45) is 0. The van der Waals surface area contributed by atoms with E-state index in [-0.39, 0.29) is 17.4 Å². The Balaban J connectivity index is 2.48. The SMILES string of the molecule is O=S1(=O)CCON=C1c1ccc(Cl)s1. The monoisotopic (exact) mass is 251 g/mol. The third-order valence-electron chi connectivity index (χ3n) is 1.67. The summed E-state index contributed by atoms with van der Waals surface area (Å²) in [7, 11) is -3.29. The maximum Gasteiger partial charge on any atom is 0.211 e. The van der Waals surface area contributed by atoms with Crippen molar-refractivity contribution >= 4 is 37.8 Å². The number of nitrogens with zero attached hydrogens (tertiary/aromatic N) is 1. The zero-order chi connectivity index (χ0) is 10.2. The van der Waals surface area contributed by atoms with Gasteiger partial charge in [-0.05, 0) is 12.1 Å². The third-order valence-corrected chi connectivity index (χ3v) is 4.62. The van der Waals surface area contributed by atoms with E-state index in [9.17, 15) is 8.42 Å². The molecule has 1 aromatic heterocycles. The van der Waals surface area contributed by atoms with Gasteiger partial charge in [0.05, 0.1) is 15.0 Å². The van der Waals surface area contributed by atoms with Crippen molar-refractivity contribution in [3.05, 3.63) is 21.3 Å². The molecule has 0 bridgehead atoms. The molecule has 0 atom stereocenters. The van der Waals surface area contributed by atoms with E-state index in [2.05, 4.69) is 5.16 Å². The highest BCUT2D eigenvalue weighted by atomic mass is 35.5. The van der Waals surface area contributed by atoms with Crippen molar-refractivity contribution in [2.24, 2.45) is 5.16 Å². The molecule has 0 aliphatic carbocycles. The number of sulfone groups is 1. The molecule has 0 N–H and O–H groups in total. The fourth-order valence-electron chi connectivity index (χ4n) is 1.03. The van der Waals surface area contributed by atoms with Crippen LogP contribution in [0.3, 0.4) is 0 Å². The van der Waals surface area contributed by atoms with Crippen molar-refractivity contribution in [1.82, 2.24) is 0 Å². The molecular formula is C7H6ClNO3S2. The van der Waals surface area contributed by atoms with Crippen molar-refractivity contribution in [3.8, 4) is 0 Å². The first kappa shape index (κ1) is 9.95. The lowest BCUT2D eigenvalue weighted by atomic mass is 10.5. The fraction of sp³-hybridized carbons (Fsp3) is 0.286. The van der Waals surface area contributed by atoms with Gasteiger partial charge in [-0.1, -0.05) is 16.8 Å². The first-order valence-corrected chi connectivity index (χ1v) is 6.63. The quantitative estimate of drug-likeness (QED) is 0.760. The van der Waals surface area contributed by atoms with Crippen LogP contribution in [0.15, 0.2) is 17.3 Å². The molecule has 2 heterocycles. The Morgan fingerprint density at radius 3 is 2.86 bits per heavy atom. The third kappa shape index (κ3) is 1.77. The van der Waals surface area contributed by atoms with Crippen molar-refractivity contribution < 1.29 is 13.3 Å². The van der Waals surface area contributed by atoms with Crippen molar-refractivity contribution in [3.63, 3.8) is 0 Å². The van der Waals surface area contributed by atoms with E-state index in [0.717, 1.165) is 0 Å². The molecule has 1 aromatic rings. The minimum absolute atomic E-state index is 0.0133. The summed E-state index contributed by atoms with van der Waals surface area (Å²) in [5.41, 5.74) is 0. The average molecular weight is 252 g/mol. The van der Waals surface area contributed by atoms with Gasteiger partial charge in [0.25, 0.3) is 0 Å². The highest BCUT2D eigenvalue weighted by Gasteiger charge is 2.27. The Bertz CT molecular complexity index is 477. The minimum Gasteiger partial charge on any atom is -0.394 e. The van der Waals surface area contributed by atoms with E-state index < -0.39 is 9.84 Å². The second-order valence-electron chi connectivity index (χ2n) is 2.65.